The van der Waals surface area contributed by atoms with E-state index in [4.69, 9.17) is 4.74 Å². The zero-order valence-electron chi connectivity index (χ0n) is 15.5. The normalized spacial score (nSPS) is 10.8. The van der Waals surface area contributed by atoms with E-state index in [0.29, 0.717) is 23.3 Å². The fraction of sp³-hybridized carbons (Fsp3) is 0.250. The summed E-state index contributed by atoms with van der Waals surface area (Å²) in [5.41, 5.74) is 2.93. The molecule has 27 heavy (non-hydrogen) atoms. The second-order valence-corrected chi connectivity index (χ2v) is 6.17. The number of methoxy groups -OCH3 is 1. The molecule has 140 valence electrons. The Bertz CT molecular complexity index is 1080. The van der Waals surface area contributed by atoms with E-state index >= 15 is 0 Å². The average molecular weight is 367 g/mol. The lowest BCUT2D eigenvalue weighted by Crippen LogP contribution is -2.29. The summed E-state index contributed by atoms with van der Waals surface area (Å²) in [6.07, 6.45) is 0. The van der Waals surface area contributed by atoms with Crippen molar-refractivity contribution in [2.75, 3.05) is 12.4 Å². The van der Waals surface area contributed by atoms with Gasteiger partial charge in [-0.25, -0.2) is 9.59 Å². The molecule has 7 nitrogen and oxygen atoms in total. The van der Waals surface area contributed by atoms with E-state index in [1.54, 1.807) is 22.8 Å². The lowest BCUT2D eigenvalue weighted by atomic mass is 10.1. The first-order valence-corrected chi connectivity index (χ1v) is 8.63. The van der Waals surface area contributed by atoms with Gasteiger partial charge >= 0.3 is 11.7 Å². The summed E-state index contributed by atoms with van der Waals surface area (Å²) in [7, 11) is 1.30. The van der Waals surface area contributed by atoms with Crippen LogP contribution in [0.3, 0.4) is 0 Å². The predicted octanol–water partition coefficient (Wildman–Crippen LogP) is 2.56. The number of hydrogen-bond acceptors (Lipinski definition) is 4. The Hall–Kier alpha value is -3.35. The first-order chi connectivity index (χ1) is 13.0. The second-order valence-electron chi connectivity index (χ2n) is 6.17. The van der Waals surface area contributed by atoms with Gasteiger partial charge in [-0.3, -0.25) is 13.9 Å². The first kappa shape index (κ1) is 18.4. The van der Waals surface area contributed by atoms with Crippen molar-refractivity contribution in [1.29, 1.82) is 0 Å². The molecule has 1 amide bonds. The quantitative estimate of drug-likeness (QED) is 0.703. The Morgan fingerprint density at radius 1 is 1.07 bits per heavy atom. The molecule has 0 saturated carbocycles. The van der Waals surface area contributed by atoms with Gasteiger partial charge in [0.1, 0.15) is 6.54 Å². The van der Waals surface area contributed by atoms with Gasteiger partial charge in [0.25, 0.3) is 0 Å². The summed E-state index contributed by atoms with van der Waals surface area (Å²) < 4.78 is 7.79. The van der Waals surface area contributed by atoms with Gasteiger partial charge in [-0.05, 0) is 43.7 Å². The van der Waals surface area contributed by atoms with Crippen LogP contribution in [0, 0.1) is 6.92 Å². The summed E-state index contributed by atoms with van der Waals surface area (Å²) in [5.74, 6) is -0.825. The topological polar surface area (TPSA) is 82.3 Å². The van der Waals surface area contributed by atoms with Crippen molar-refractivity contribution in [3.63, 3.8) is 0 Å². The maximum absolute atomic E-state index is 12.6. The predicted molar refractivity (Wildman–Crippen MR) is 103 cm³/mol. The molecule has 1 aromatic heterocycles. The smallest absolute Gasteiger partial charge is 0.337 e. The molecule has 0 spiro atoms. The number of anilines is 1. The Morgan fingerprint density at radius 3 is 2.37 bits per heavy atom. The van der Waals surface area contributed by atoms with E-state index in [-0.39, 0.29) is 18.1 Å². The zero-order valence-corrected chi connectivity index (χ0v) is 15.5. The minimum atomic E-state index is -0.479. The number of fused-ring (bicyclic) bond motifs is 1. The summed E-state index contributed by atoms with van der Waals surface area (Å²) >= 11 is 0. The van der Waals surface area contributed by atoms with Gasteiger partial charge in [0, 0.05) is 12.2 Å². The van der Waals surface area contributed by atoms with Crippen LogP contribution in [0.15, 0.2) is 47.3 Å². The second kappa shape index (κ2) is 7.49. The summed E-state index contributed by atoms with van der Waals surface area (Å²) in [5, 5.41) is 2.78. The number of carbonyl (C=O) groups is 2. The number of ether oxygens (including phenoxy) is 1. The van der Waals surface area contributed by atoms with Crippen LogP contribution < -0.4 is 11.0 Å². The third-order valence-electron chi connectivity index (χ3n) is 4.48. The molecule has 0 unspecified atom stereocenters. The van der Waals surface area contributed by atoms with Gasteiger partial charge in [0.05, 0.1) is 23.7 Å². The highest BCUT2D eigenvalue weighted by molar-refractivity contribution is 5.95. The molecule has 0 fully saturated rings. The number of nitrogens with zero attached hydrogens (tertiary/aromatic N) is 2. The highest BCUT2D eigenvalue weighted by Crippen LogP contribution is 2.18. The number of aromatic nitrogens is 2. The van der Waals surface area contributed by atoms with E-state index in [9.17, 15) is 14.4 Å². The van der Waals surface area contributed by atoms with E-state index in [1.165, 1.54) is 11.7 Å². The van der Waals surface area contributed by atoms with Gasteiger partial charge in [0.2, 0.25) is 5.91 Å². The van der Waals surface area contributed by atoms with Crippen molar-refractivity contribution in [1.82, 2.24) is 9.13 Å². The third kappa shape index (κ3) is 3.48. The highest BCUT2D eigenvalue weighted by atomic mass is 16.5. The molecule has 0 bridgehead atoms. The van der Waals surface area contributed by atoms with Crippen molar-refractivity contribution in [2.45, 2.75) is 26.9 Å². The number of rotatable bonds is 5. The molecule has 3 aromatic rings. The molecule has 0 atom stereocenters. The summed E-state index contributed by atoms with van der Waals surface area (Å²) in [6, 6.07) is 12.3. The van der Waals surface area contributed by atoms with E-state index < -0.39 is 5.97 Å². The van der Waals surface area contributed by atoms with Crippen molar-refractivity contribution >= 4 is 28.6 Å². The fourth-order valence-corrected chi connectivity index (χ4v) is 3.07. The van der Waals surface area contributed by atoms with Crippen molar-refractivity contribution < 1.29 is 14.3 Å². The van der Waals surface area contributed by atoms with Gasteiger partial charge in [-0.1, -0.05) is 18.2 Å². The van der Waals surface area contributed by atoms with Crippen molar-refractivity contribution in [2.24, 2.45) is 0 Å². The zero-order chi connectivity index (χ0) is 19.6. The highest BCUT2D eigenvalue weighted by Gasteiger charge is 2.15. The van der Waals surface area contributed by atoms with Crippen LogP contribution in [-0.4, -0.2) is 28.1 Å². The van der Waals surface area contributed by atoms with Crippen LogP contribution in [0.5, 0.6) is 0 Å². The fourth-order valence-electron chi connectivity index (χ4n) is 3.07. The number of amides is 1. The molecule has 1 N–H and O–H groups in total. The third-order valence-corrected chi connectivity index (χ3v) is 4.48. The van der Waals surface area contributed by atoms with Crippen LogP contribution in [-0.2, 0) is 22.6 Å². The van der Waals surface area contributed by atoms with Crippen LogP contribution in [0.25, 0.3) is 11.0 Å². The maximum Gasteiger partial charge on any atom is 0.337 e. The molecule has 3 rings (SSSR count). The molecule has 7 heteroatoms. The molecule has 0 aliphatic heterocycles. The minimum Gasteiger partial charge on any atom is -0.465 e. The van der Waals surface area contributed by atoms with Crippen molar-refractivity contribution in [3.8, 4) is 0 Å². The maximum atomic E-state index is 12.6. The standard InChI is InChI=1S/C20H21N3O4/c1-4-22-16-7-5-6-8-17(16)23(20(22)26)12-18(24)21-15-11-14(19(25)27-3)10-9-13(15)2/h5-11H,4,12H2,1-3H3,(H,21,24). The van der Waals surface area contributed by atoms with Crippen LogP contribution >= 0.6 is 0 Å². The number of hydrogen-bond donors (Lipinski definition) is 1. The lowest BCUT2D eigenvalue weighted by molar-refractivity contribution is -0.116. The Kier molecular flexibility index (Phi) is 5.12. The number of carbonyl (C=O) groups excluding carboxylic acids is 2. The molecule has 0 aliphatic carbocycles. The van der Waals surface area contributed by atoms with Gasteiger partial charge in [-0.2, -0.15) is 0 Å². The lowest BCUT2D eigenvalue weighted by Gasteiger charge is -2.10. The molecular formula is C20H21N3O4. The Labute approximate surface area is 156 Å². The van der Waals surface area contributed by atoms with E-state index in [2.05, 4.69) is 5.32 Å². The first-order valence-electron chi connectivity index (χ1n) is 8.63. The average Bonchev–Trinajstić information content (AvgIpc) is 2.94. The Balaban J connectivity index is 1.90. The van der Waals surface area contributed by atoms with Gasteiger partial charge < -0.3 is 10.1 Å². The SMILES string of the molecule is CCn1c(=O)n(CC(=O)Nc2cc(C(=O)OC)ccc2C)c2ccccc21. The number of benzene rings is 2. The van der Waals surface area contributed by atoms with Crippen molar-refractivity contribution in [3.05, 3.63) is 64.1 Å². The van der Waals surface area contributed by atoms with Gasteiger partial charge in [0.15, 0.2) is 0 Å². The van der Waals surface area contributed by atoms with Gasteiger partial charge in [-0.15, -0.1) is 0 Å². The van der Waals surface area contributed by atoms with Crippen LogP contribution in [0.1, 0.15) is 22.8 Å². The largest absolute Gasteiger partial charge is 0.465 e. The number of para-hydroxylation sites is 2. The summed E-state index contributed by atoms with van der Waals surface area (Å²) in [4.78, 5) is 36.9. The molecular weight excluding hydrogens is 346 g/mol. The minimum absolute atomic E-state index is 0.117. The Morgan fingerprint density at radius 2 is 1.74 bits per heavy atom. The van der Waals surface area contributed by atoms with E-state index in [1.807, 2.05) is 38.1 Å². The number of esters is 1. The number of nitrogens with one attached hydrogen (secondary N) is 1. The number of aryl methyl sites for hydroxylation is 2. The monoisotopic (exact) mass is 367 g/mol. The molecule has 0 saturated heterocycles. The molecule has 0 aliphatic rings. The van der Waals surface area contributed by atoms with Crippen LogP contribution in [0.2, 0.25) is 0 Å². The molecule has 2 aromatic carbocycles. The van der Waals surface area contributed by atoms with Crippen LogP contribution in [0.4, 0.5) is 5.69 Å². The summed E-state index contributed by atoms with van der Waals surface area (Å²) in [6.45, 7) is 4.12. The molecule has 1 heterocycles. The number of imidazole rings is 1. The molecule has 0 radical (unpaired) electrons. The van der Waals surface area contributed by atoms with E-state index in [0.717, 1.165) is 11.1 Å².